The van der Waals surface area contributed by atoms with E-state index in [1.54, 1.807) is 6.92 Å². The monoisotopic (exact) mass is 240 g/mol. The molecule has 8 heteroatoms. The topological polar surface area (TPSA) is 121 Å². The predicted molar refractivity (Wildman–Crippen MR) is 59.9 cm³/mol. The van der Waals surface area contributed by atoms with E-state index < -0.39 is 11.7 Å². The van der Waals surface area contributed by atoms with Gasteiger partial charge in [0, 0.05) is 13.5 Å². The predicted octanol–water partition coefficient (Wildman–Crippen LogP) is -0.569. The number of nitrogens with zero attached hydrogens (tertiary/aromatic N) is 2. The largest absolute Gasteiger partial charge is 0.481 e. The summed E-state index contributed by atoms with van der Waals surface area (Å²) in [4.78, 5) is 40.5. The Hall–Kier alpha value is -2.38. The molecule has 2 rings (SSSR count). The third kappa shape index (κ3) is 2.80. The molecule has 0 radical (unpaired) electrons. The minimum Gasteiger partial charge on any atom is -0.481 e. The maximum Gasteiger partial charge on any atom is 0.329 e. The molecule has 0 unspecified atom stereocenters. The van der Waals surface area contributed by atoms with Gasteiger partial charge in [-0.25, -0.2) is 9.78 Å². The number of aromatic amines is 2. The minimum absolute atomic E-state index is 0.222. The molecule has 92 valence electrons. The minimum atomic E-state index is -0.745. The second-order valence-electron chi connectivity index (χ2n) is 3.17. The molecule has 0 aromatic carbocycles. The summed E-state index contributed by atoms with van der Waals surface area (Å²) in [5.74, 6) is -0.745. The van der Waals surface area contributed by atoms with Crippen molar-refractivity contribution in [3.8, 4) is 0 Å². The molecule has 2 aromatic rings. The Morgan fingerprint density at radius 2 is 2.12 bits per heavy atom. The van der Waals surface area contributed by atoms with Crippen LogP contribution >= 0.6 is 0 Å². The van der Waals surface area contributed by atoms with Gasteiger partial charge in [0.2, 0.25) is 0 Å². The van der Waals surface area contributed by atoms with E-state index in [1.165, 1.54) is 13.4 Å². The Bertz CT molecular complexity index is 636. The van der Waals surface area contributed by atoms with Gasteiger partial charge in [-0.15, -0.1) is 0 Å². The summed E-state index contributed by atoms with van der Waals surface area (Å²) in [6.07, 6.45) is 1.59. The number of carboxylic acids is 1. The summed E-state index contributed by atoms with van der Waals surface area (Å²) in [6.45, 7) is 1.60. The molecule has 0 aliphatic heterocycles. The van der Waals surface area contributed by atoms with Crippen LogP contribution in [0.4, 0.5) is 0 Å². The lowest BCUT2D eigenvalue weighted by Crippen LogP contribution is -2.32. The van der Waals surface area contributed by atoms with Crippen LogP contribution in [-0.2, 0) is 11.8 Å². The van der Waals surface area contributed by atoms with Crippen molar-refractivity contribution in [3.05, 3.63) is 27.2 Å². The fourth-order valence-corrected chi connectivity index (χ4v) is 0.997. The highest BCUT2D eigenvalue weighted by atomic mass is 16.4. The highest BCUT2D eigenvalue weighted by molar-refractivity contribution is 5.67. The first-order valence-corrected chi connectivity index (χ1v) is 4.81. The number of fused-ring (bicyclic) bond motifs is 1. The van der Waals surface area contributed by atoms with Crippen LogP contribution in [0.3, 0.4) is 0 Å². The van der Waals surface area contributed by atoms with Gasteiger partial charge < -0.3 is 10.1 Å². The number of imidazole rings is 1. The van der Waals surface area contributed by atoms with Crippen LogP contribution in [0.25, 0.3) is 11.2 Å². The van der Waals surface area contributed by atoms with Crippen LogP contribution in [0.1, 0.15) is 13.3 Å². The SMILES string of the molecule is CCC(=O)O.Cn1c(=O)[nH]c2nc[nH]c2c1=O. The molecule has 0 saturated heterocycles. The number of aromatic nitrogens is 4. The lowest BCUT2D eigenvalue weighted by atomic mass is 10.5. The Kier molecular flexibility index (Phi) is 3.81. The van der Waals surface area contributed by atoms with E-state index in [0.29, 0.717) is 11.2 Å². The van der Waals surface area contributed by atoms with E-state index in [0.717, 1.165) is 4.57 Å². The number of hydrogen-bond donors (Lipinski definition) is 3. The fraction of sp³-hybridized carbons (Fsp3) is 0.333. The maximum absolute atomic E-state index is 11.3. The molecule has 0 atom stereocenters. The van der Waals surface area contributed by atoms with Crippen LogP contribution in [-0.4, -0.2) is 30.6 Å². The molecule has 0 bridgehead atoms. The number of hydrogen-bond acceptors (Lipinski definition) is 4. The molecule has 0 aliphatic rings. The molecule has 17 heavy (non-hydrogen) atoms. The molecule has 3 N–H and O–H groups in total. The summed E-state index contributed by atoms with van der Waals surface area (Å²) in [7, 11) is 1.40. The zero-order valence-electron chi connectivity index (χ0n) is 9.35. The van der Waals surface area contributed by atoms with Crippen LogP contribution in [0, 0.1) is 0 Å². The highest BCUT2D eigenvalue weighted by Gasteiger charge is 2.04. The van der Waals surface area contributed by atoms with Gasteiger partial charge in [0.25, 0.3) is 5.56 Å². The molecular formula is C9H12N4O4. The summed E-state index contributed by atoms with van der Waals surface area (Å²) in [6, 6.07) is 0. The molecule has 0 spiro atoms. The molecule has 0 fully saturated rings. The zero-order chi connectivity index (χ0) is 13.0. The van der Waals surface area contributed by atoms with Gasteiger partial charge in [0.15, 0.2) is 5.65 Å². The van der Waals surface area contributed by atoms with Crippen LogP contribution in [0.2, 0.25) is 0 Å². The number of rotatable bonds is 1. The van der Waals surface area contributed by atoms with Crippen molar-refractivity contribution in [2.45, 2.75) is 13.3 Å². The van der Waals surface area contributed by atoms with E-state index in [9.17, 15) is 14.4 Å². The van der Waals surface area contributed by atoms with Crippen molar-refractivity contribution in [1.29, 1.82) is 0 Å². The van der Waals surface area contributed by atoms with E-state index in [-0.39, 0.29) is 12.0 Å². The Morgan fingerprint density at radius 3 is 2.65 bits per heavy atom. The first-order valence-electron chi connectivity index (χ1n) is 4.81. The van der Waals surface area contributed by atoms with Gasteiger partial charge in [0.1, 0.15) is 5.52 Å². The normalized spacial score (nSPS) is 9.76. The van der Waals surface area contributed by atoms with Gasteiger partial charge in [-0.3, -0.25) is 19.1 Å². The highest BCUT2D eigenvalue weighted by Crippen LogP contribution is 1.93. The zero-order valence-corrected chi connectivity index (χ0v) is 9.35. The van der Waals surface area contributed by atoms with Gasteiger partial charge in [-0.2, -0.15) is 0 Å². The Balaban J connectivity index is 0.000000249. The Morgan fingerprint density at radius 1 is 1.53 bits per heavy atom. The Labute approximate surface area is 94.9 Å². The van der Waals surface area contributed by atoms with Crippen molar-refractivity contribution >= 4 is 17.1 Å². The van der Waals surface area contributed by atoms with Crippen molar-refractivity contribution in [2.75, 3.05) is 0 Å². The van der Waals surface area contributed by atoms with E-state index in [4.69, 9.17) is 5.11 Å². The number of carboxylic acid groups (broad SMARTS) is 1. The second-order valence-corrected chi connectivity index (χ2v) is 3.17. The molecule has 8 nitrogen and oxygen atoms in total. The summed E-state index contributed by atoms with van der Waals surface area (Å²) < 4.78 is 0.987. The van der Waals surface area contributed by atoms with Gasteiger partial charge in [-0.1, -0.05) is 6.92 Å². The van der Waals surface area contributed by atoms with Gasteiger partial charge in [0.05, 0.1) is 6.33 Å². The summed E-state index contributed by atoms with van der Waals surface area (Å²) >= 11 is 0. The van der Waals surface area contributed by atoms with Gasteiger partial charge >= 0.3 is 11.7 Å². The van der Waals surface area contributed by atoms with Crippen LogP contribution < -0.4 is 11.2 Å². The first-order chi connectivity index (χ1) is 7.97. The maximum atomic E-state index is 11.3. The number of H-pyrrole nitrogens is 2. The molecule has 2 aromatic heterocycles. The molecule has 2 heterocycles. The van der Waals surface area contributed by atoms with Crippen LogP contribution in [0.15, 0.2) is 15.9 Å². The summed E-state index contributed by atoms with van der Waals surface area (Å²) in [5.41, 5.74) is -0.217. The van der Waals surface area contributed by atoms with Crippen molar-refractivity contribution < 1.29 is 9.90 Å². The van der Waals surface area contributed by atoms with Crippen molar-refractivity contribution in [3.63, 3.8) is 0 Å². The number of nitrogens with one attached hydrogen (secondary N) is 2. The van der Waals surface area contributed by atoms with Crippen molar-refractivity contribution in [1.82, 2.24) is 19.5 Å². The number of carbonyl (C=O) groups is 1. The van der Waals surface area contributed by atoms with E-state index >= 15 is 0 Å². The standard InChI is InChI=1S/C6H6N4O2.C3H6O2/c1-10-5(11)3-4(8-2-7-3)9-6(10)12;1-2-3(4)5/h2H,1H3,(H,7,8)(H,9,12);2H2,1H3,(H,4,5). The van der Waals surface area contributed by atoms with Crippen LogP contribution in [0.5, 0.6) is 0 Å². The fourth-order valence-electron chi connectivity index (χ4n) is 0.997. The third-order valence-corrected chi connectivity index (χ3v) is 1.99. The average molecular weight is 240 g/mol. The lowest BCUT2D eigenvalue weighted by Gasteiger charge is -1.93. The van der Waals surface area contributed by atoms with Crippen molar-refractivity contribution in [2.24, 2.45) is 7.05 Å². The number of aliphatic carboxylic acids is 1. The molecule has 0 aliphatic carbocycles. The molecule has 0 saturated carbocycles. The molecule has 0 amide bonds. The summed E-state index contributed by atoms with van der Waals surface area (Å²) in [5, 5.41) is 7.72. The van der Waals surface area contributed by atoms with E-state index in [1.807, 2.05) is 0 Å². The quantitative estimate of drug-likeness (QED) is 0.616. The molecular weight excluding hydrogens is 228 g/mol. The van der Waals surface area contributed by atoms with Gasteiger partial charge in [-0.05, 0) is 0 Å². The third-order valence-electron chi connectivity index (χ3n) is 1.99. The average Bonchev–Trinajstić information content (AvgIpc) is 2.75. The second kappa shape index (κ2) is 5.10. The smallest absolute Gasteiger partial charge is 0.329 e. The lowest BCUT2D eigenvalue weighted by molar-refractivity contribution is -0.136. The first kappa shape index (κ1) is 12.7. The van der Waals surface area contributed by atoms with E-state index in [2.05, 4.69) is 15.0 Å².